The number of aromatic nitrogens is 1. The minimum Gasteiger partial charge on any atom is -0.337 e. The highest BCUT2D eigenvalue weighted by Gasteiger charge is 2.15. The Kier molecular flexibility index (Phi) is 3.02. The zero-order chi connectivity index (χ0) is 11.7. The first-order valence-corrected chi connectivity index (χ1v) is 6.14. The number of benzene rings is 1. The molecule has 2 rings (SSSR count). The number of aromatic amines is 1. The molecule has 0 spiro atoms. The summed E-state index contributed by atoms with van der Waals surface area (Å²) in [5.41, 5.74) is 1.71. The molecule has 0 unspecified atom stereocenters. The molecule has 16 heavy (non-hydrogen) atoms. The van der Waals surface area contributed by atoms with Gasteiger partial charge in [-0.2, -0.15) is 0 Å². The van der Waals surface area contributed by atoms with Crippen LogP contribution in [0.3, 0.4) is 0 Å². The highest BCUT2D eigenvalue weighted by atomic mass is 32.1. The van der Waals surface area contributed by atoms with Crippen molar-refractivity contribution in [3.63, 3.8) is 0 Å². The molecule has 0 saturated heterocycles. The molecule has 0 radical (unpaired) electrons. The number of nitrogens with one attached hydrogen (secondary N) is 1. The van der Waals surface area contributed by atoms with Crippen molar-refractivity contribution in [2.45, 2.75) is 19.8 Å². The van der Waals surface area contributed by atoms with E-state index < -0.39 is 0 Å². The molecule has 1 N–H and O–H groups in total. The van der Waals surface area contributed by atoms with Gasteiger partial charge in [0.15, 0.2) is 3.95 Å². The van der Waals surface area contributed by atoms with Gasteiger partial charge in [0, 0.05) is 11.6 Å². The van der Waals surface area contributed by atoms with Crippen molar-refractivity contribution in [3.05, 3.63) is 31.8 Å². The molecular weight excluding hydrogens is 244 g/mol. The standard InChI is InChI=1S/C10H10N2O2S2/c1-2-3-6-4-9-7(11-10(15)16-9)5-8(6)12(13)14/h4-5H,2-3H2,1H3,(H,11,15). The number of hydrogen-bond donors (Lipinski definition) is 1. The lowest BCUT2D eigenvalue weighted by atomic mass is 10.1. The summed E-state index contributed by atoms with van der Waals surface area (Å²) < 4.78 is 1.64. The fourth-order valence-corrected chi connectivity index (χ4v) is 2.83. The minimum absolute atomic E-state index is 0.179. The van der Waals surface area contributed by atoms with Gasteiger partial charge in [-0.1, -0.05) is 13.3 Å². The van der Waals surface area contributed by atoms with E-state index in [9.17, 15) is 10.1 Å². The third kappa shape index (κ3) is 1.98. The van der Waals surface area contributed by atoms with Gasteiger partial charge in [0.1, 0.15) is 0 Å². The maximum Gasteiger partial charge on any atom is 0.274 e. The second kappa shape index (κ2) is 4.31. The lowest BCUT2D eigenvalue weighted by molar-refractivity contribution is -0.385. The molecule has 0 saturated carbocycles. The number of nitrogens with zero attached hydrogens (tertiary/aromatic N) is 1. The number of thiazole rings is 1. The first kappa shape index (κ1) is 11.2. The van der Waals surface area contributed by atoms with Gasteiger partial charge < -0.3 is 4.98 Å². The molecule has 0 aliphatic carbocycles. The molecule has 84 valence electrons. The predicted molar refractivity (Wildman–Crippen MR) is 67.7 cm³/mol. The summed E-state index contributed by atoms with van der Waals surface area (Å²) in [6.07, 6.45) is 1.61. The van der Waals surface area contributed by atoms with Crippen molar-refractivity contribution in [2.75, 3.05) is 0 Å². The highest BCUT2D eigenvalue weighted by Crippen LogP contribution is 2.29. The van der Waals surface area contributed by atoms with Crippen LogP contribution in [-0.2, 0) is 6.42 Å². The molecule has 0 bridgehead atoms. The zero-order valence-electron chi connectivity index (χ0n) is 8.65. The van der Waals surface area contributed by atoms with Crippen LogP contribution < -0.4 is 0 Å². The lowest BCUT2D eigenvalue weighted by Crippen LogP contribution is -1.95. The van der Waals surface area contributed by atoms with Crippen molar-refractivity contribution in [1.29, 1.82) is 0 Å². The molecule has 1 aromatic carbocycles. The Morgan fingerprint density at radius 2 is 2.31 bits per heavy atom. The average Bonchev–Trinajstić information content (AvgIpc) is 2.56. The van der Waals surface area contributed by atoms with Gasteiger partial charge in [0.05, 0.1) is 15.1 Å². The third-order valence-corrected chi connectivity index (χ3v) is 3.53. The molecule has 0 aliphatic rings. The van der Waals surface area contributed by atoms with Gasteiger partial charge in [-0.25, -0.2) is 0 Å². The predicted octanol–water partition coefficient (Wildman–Crippen LogP) is 3.82. The fraction of sp³-hybridized carbons (Fsp3) is 0.300. The summed E-state index contributed by atoms with van der Waals surface area (Å²) in [7, 11) is 0. The number of hydrogen-bond acceptors (Lipinski definition) is 4. The van der Waals surface area contributed by atoms with E-state index in [4.69, 9.17) is 12.2 Å². The molecule has 0 amide bonds. The quantitative estimate of drug-likeness (QED) is 0.514. The summed E-state index contributed by atoms with van der Waals surface area (Å²) in [5, 5.41) is 10.9. The maximum absolute atomic E-state index is 10.9. The fourth-order valence-electron chi connectivity index (χ4n) is 1.67. The molecule has 0 atom stereocenters. The first-order valence-electron chi connectivity index (χ1n) is 4.92. The highest BCUT2D eigenvalue weighted by molar-refractivity contribution is 7.73. The van der Waals surface area contributed by atoms with Crippen LogP contribution in [0.2, 0.25) is 0 Å². The van der Waals surface area contributed by atoms with Crippen LogP contribution in [0, 0.1) is 14.1 Å². The smallest absolute Gasteiger partial charge is 0.274 e. The number of nitro benzene ring substituents is 1. The van der Waals surface area contributed by atoms with Crippen LogP contribution >= 0.6 is 23.6 Å². The zero-order valence-corrected chi connectivity index (χ0v) is 10.3. The number of aryl methyl sites for hydroxylation is 1. The second-order valence-corrected chi connectivity index (χ2v) is 5.22. The van der Waals surface area contributed by atoms with Gasteiger partial charge in [0.2, 0.25) is 0 Å². The third-order valence-electron chi connectivity index (χ3n) is 2.34. The largest absolute Gasteiger partial charge is 0.337 e. The van der Waals surface area contributed by atoms with Crippen LogP contribution in [0.5, 0.6) is 0 Å². The normalized spacial score (nSPS) is 10.8. The van der Waals surface area contributed by atoms with Crippen LogP contribution in [0.25, 0.3) is 10.2 Å². The number of H-pyrrole nitrogens is 1. The van der Waals surface area contributed by atoms with Gasteiger partial charge in [-0.05, 0) is 24.7 Å². The maximum atomic E-state index is 10.9. The molecule has 0 fully saturated rings. The van der Waals surface area contributed by atoms with Crippen molar-refractivity contribution >= 4 is 39.5 Å². The van der Waals surface area contributed by atoms with E-state index in [1.807, 2.05) is 13.0 Å². The Balaban J connectivity index is 2.69. The van der Waals surface area contributed by atoms with Crippen LogP contribution in [0.15, 0.2) is 12.1 Å². The van der Waals surface area contributed by atoms with E-state index in [2.05, 4.69) is 4.98 Å². The van der Waals surface area contributed by atoms with Gasteiger partial charge in [-0.15, -0.1) is 11.3 Å². The van der Waals surface area contributed by atoms with Gasteiger partial charge >= 0.3 is 0 Å². The van der Waals surface area contributed by atoms with Crippen molar-refractivity contribution < 1.29 is 4.92 Å². The monoisotopic (exact) mass is 254 g/mol. The Labute approximate surface area is 101 Å². The molecule has 6 heteroatoms. The summed E-state index contributed by atoms with van der Waals surface area (Å²) in [5.74, 6) is 0. The Bertz CT molecular complexity index is 600. The van der Waals surface area contributed by atoms with E-state index in [0.29, 0.717) is 3.95 Å². The van der Waals surface area contributed by atoms with Crippen molar-refractivity contribution in [1.82, 2.24) is 4.98 Å². The van der Waals surface area contributed by atoms with Crippen LogP contribution in [0.4, 0.5) is 5.69 Å². The van der Waals surface area contributed by atoms with Crippen molar-refractivity contribution in [3.8, 4) is 0 Å². The topological polar surface area (TPSA) is 58.9 Å². The first-order chi connectivity index (χ1) is 7.61. The van der Waals surface area contributed by atoms with E-state index in [1.165, 1.54) is 11.3 Å². The average molecular weight is 254 g/mol. The number of nitro groups is 1. The van der Waals surface area contributed by atoms with Crippen LogP contribution in [0.1, 0.15) is 18.9 Å². The van der Waals surface area contributed by atoms with E-state index in [0.717, 1.165) is 28.6 Å². The SMILES string of the molecule is CCCc1cc2sc(=S)[nH]c2cc1[N+](=O)[O-]. The molecule has 1 aromatic heterocycles. The molecule has 2 aromatic rings. The molecule has 0 aliphatic heterocycles. The minimum atomic E-state index is -0.334. The van der Waals surface area contributed by atoms with Crippen molar-refractivity contribution in [2.24, 2.45) is 0 Å². The molecule has 1 heterocycles. The Hall–Kier alpha value is -1.27. The Morgan fingerprint density at radius 1 is 1.56 bits per heavy atom. The van der Waals surface area contributed by atoms with Crippen LogP contribution in [-0.4, -0.2) is 9.91 Å². The molecular formula is C10H10N2O2S2. The van der Waals surface area contributed by atoms with E-state index in [-0.39, 0.29) is 10.6 Å². The number of fused-ring (bicyclic) bond motifs is 1. The lowest BCUT2D eigenvalue weighted by Gasteiger charge is -2.00. The van der Waals surface area contributed by atoms with E-state index in [1.54, 1.807) is 6.07 Å². The molecule has 4 nitrogen and oxygen atoms in total. The van der Waals surface area contributed by atoms with Gasteiger partial charge in [-0.3, -0.25) is 10.1 Å². The summed E-state index contributed by atoms with van der Waals surface area (Å²) >= 11 is 6.47. The summed E-state index contributed by atoms with van der Waals surface area (Å²) in [4.78, 5) is 13.5. The Morgan fingerprint density at radius 3 is 2.94 bits per heavy atom. The van der Waals surface area contributed by atoms with E-state index >= 15 is 0 Å². The summed E-state index contributed by atoms with van der Waals surface area (Å²) in [6.45, 7) is 2.01. The second-order valence-electron chi connectivity index (χ2n) is 3.50. The number of rotatable bonds is 3. The summed E-state index contributed by atoms with van der Waals surface area (Å²) in [6, 6.07) is 3.44. The van der Waals surface area contributed by atoms with Gasteiger partial charge in [0.25, 0.3) is 5.69 Å².